The zero-order valence-corrected chi connectivity index (χ0v) is 10.9. The summed E-state index contributed by atoms with van der Waals surface area (Å²) < 4.78 is 13.2. The molecule has 0 saturated heterocycles. The summed E-state index contributed by atoms with van der Waals surface area (Å²) in [6.45, 7) is 0. The van der Waals surface area contributed by atoms with Gasteiger partial charge in [-0.25, -0.2) is 4.68 Å². The summed E-state index contributed by atoms with van der Waals surface area (Å²) in [5.41, 5.74) is 2.51. The van der Waals surface area contributed by atoms with Gasteiger partial charge in [-0.3, -0.25) is 0 Å². The lowest BCUT2D eigenvalue weighted by molar-refractivity contribution is 0.412. The van der Waals surface area contributed by atoms with Gasteiger partial charge in [-0.15, -0.1) is 0 Å². The number of fused-ring (bicyclic) bond motifs is 3. The van der Waals surface area contributed by atoms with E-state index in [0.29, 0.717) is 0 Å². The summed E-state index contributed by atoms with van der Waals surface area (Å²) in [4.78, 5) is 0. The Bertz CT molecular complexity index is 892. The number of ether oxygens (including phenoxy) is 1. The van der Waals surface area contributed by atoms with E-state index >= 15 is 0 Å². The first-order chi connectivity index (χ1) is 9.88. The molecule has 0 amide bonds. The van der Waals surface area contributed by atoms with Gasteiger partial charge in [0.1, 0.15) is 5.69 Å². The van der Waals surface area contributed by atoms with Crippen LogP contribution < -0.4 is 4.74 Å². The van der Waals surface area contributed by atoms with Crippen molar-refractivity contribution in [2.24, 2.45) is 0 Å². The molecule has 20 heavy (non-hydrogen) atoms. The van der Waals surface area contributed by atoms with Crippen molar-refractivity contribution in [2.75, 3.05) is 7.11 Å². The highest BCUT2D eigenvalue weighted by molar-refractivity contribution is 6.09. The van der Waals surface area contributed by atoms with Crippen molar-refractivity contribution in [2.45, 2.75) is 0 Å². The van der Waals surface area contributed by atoms with Gasteiger partial charge in [-0.1, -0.05) is 24.3 Å². The molecule has 0 spiro atoms. The predicted molar refractivity (Wildman–Crippen MR) is 77.4 cm³/mol. The summed E-state index contributed by atoms with van der Waals surface area (Å²) >= 11 is 0. The van der Waals surface area contributed by atoms with E-state index in [9.17, 15) is 0 Å². The smallest absolute Gasteiger partial charge is 0.177 e. The highest BCUT2D eigenvalue weighted by atomic mass is 16.5. The molecule has 4 nitrogen and oxygen atoms in total. The lowest BCUT2D eigenvalue weighted by atomic mass is 10.1. The second-order valence-corrected chi connectivity index (χ2v) is 4.54. The Hall–Kier alpha value is -2.75. The van der Waals surface area contributed by atoms with Gasteiger partial charge in [0.25, 0.3) is 0 Å². The number of hydrogen-bond donors (Lipinski definition) is 0. The van der Waals surface area contributed by atoms with E-state index in [1.165, 1.54) is 0 Å². The van der Waals surface area contributed by atoms with Crippen LogP contribution in [-0.4, -0.2) is 16.9 Å². The molecule has 4 rings (SSSR count). The van der Waals surface area contributed by atoms with Crippen molar-refractivity contribution >= 4 is 21.9 Å². The van der Waals surface area contributed by atoms with Crippen LogP contribution in [0.1, 0.15) is 0 Å². The van der Waals surface area contributed by atoms with Crippen LogP contribution in [0.4, 0.5) is 0 Å². The minimum absolute atomic E-state index is 0.741. The summed E-state index contributed by atoms with van der Waals surface area (Å²) in [7, 11) is 1.65. The van der Waals surface area contributed by atoms with Crippen LogP contribution in [-0.2, 0) is 0 Å². The molecule has 2 aromatic heterocycles. The third kappa shape index (κ3) is 1.45. The number of methoxy groups -OCH3 is 1. The fourth-order valence-electron chi connectivity index (χ4n) is 2.53. The van der Waals surface area contributed by atoms with Crippen molar-refractivity contribution in [1.29, 1.82) is 0 Å². The van der Waals surface area contributed by atoms with Crippen LogP contribution in [0.2, 0.25) is 0 Å². The highest BCUT2D eigenvalue weighted by Gasteiger charge is 2.14. The molecule has 98 valence electrons. The quantitative estimate of drug-likeness (QED) is 0.553. The third-order valence-electron chi connectivity index (χ3n) is 3.44. The first kappa shape index (κ1) is 11.1. The van der Waals surface area contributed by atoms with E-state index in [1.807, 2.05) is 48.7 Å². The molecule has 0 unspecified atom stereocenters. The second-order valence-electron chi connectivity index (χ2n) is 4.54. The zero-order chi connectivity index (χ0) is 13.5. The van der Waals surface area contributed by atoms with E-state index < -0.39 is 0 Å². The number of furan rings is 1. The van der Waals surface area contributed by atoms with Gasteiger partial charge in [-0.05, 0) is 18.2 Å². The van der Waals surface area contributed by atoms with Crippen molar-refractivity contribution < 1.29 is 9.15 Å². The van der Waals surface area contributed by atoms with Gasteiger partial charge >= 0.3 is 0 Å². The van der Waals surface area contributed by atoms with Crippen LogP contribution in [0.25, 0.3) is 27.6 Å². The molecule has 0 aliphatic rings. The molecule has 0 bridgehead atoms. The maximum absolute atomic E-state index is 6.04. The van der Waals surface area contributed by atoms with E-state index in [4.69, 9.17) is 9.15 Å². The number of nitrogens with zero attached hydrogens (tertiary/aromatic N) is 2. The maximum atomic E-state index is 6.04. The topological polar surface area (TPSA) is 40.2 Å². The summed E-state index contributed by atoms with van der Waals surface area (Å²) in [5.74, 6) is 0.741. The molecule has 4 heteroatoms. The largest absolute Gasteiger partial charge is 0.493 e. The normalized spacial score (nSPS) is 11.2. The molecule has 0 aliphatic heterocycles. The monoisotopic (exact) mass is 264 g/mol. The molecular weight excluding hydrogens is 252 g/mol. The van der Waals surface area contributed by atoms with Crippen LogP contribution in [0.15, 0.2) is 59.3 Å². The van der Waals surface area contributed by atoms with Gasteiger partial charge < -0.3 is 9.15 Å². The van der Waals surface area contributed by atoms with Crippen molar-refractivity contribution in [1.82, 2.24) is 9.78 Å². The van der Waals surface area contributed by atoms with E-state index in [1.54, 1.807) is 18.0 Å². The van der Waals surface area contributed by atoms with E-state index in [0.717, 1.165) is 33.4 Å². The Morgan fingerprint density at radius 2 is 1.80 bits per heavy atom. The maximum Gasteiger partial charge on any atom is 0.177 e. The number of aromatic nitrogens is 2. The minimum atomic E-state index is 0.741. The molecule has 2 heterocycles. The lowest BCUT2D eigenvalue weighted by Gasteiger charge is -2.01. The standard InChI is InChI=1S/C16H12N2O2/c1-19-14-8-3-6-12-11-5-2-7-13(15(11)20-16(12)14)18-10-4-9-17-18/h2-10H,1H3. The number of hydrogen-bond acceptors (Lipinski definition) is 3. The molecule has 0 radical (unpaired) electrons. The second kappa shape index (κ2) is 4.13. The van der Waals surface area contributed by atoms with E-state index in [-0.39, 0.29) is 0 Å². The molecule has 4 aromatic rings. The fraction of sp³-hybridized carbons (Fsp3) is 0.0625. The molecule has 0 N–H and O–H groups in total. The highest BCUT2D eigenvalue weighted by Crippen LogP contribution is 2.36. The van der Waals surface area contributed by atoms with Crippen LogP contribution in [0.3, 0.4) is 0 Å². The molecule has 2 aromatic carbocycles. The van der Waals surface area contributed by atoms with Crippen molar-refractivity contribution in [3.8, 4) is 11.4 Å². The Morgan fingerprint density at radius 3 is 2.55 bits per heavy atom. The van der Waals surface area contributed by atoms with E-state index in [2.05, 4.69) is 5.10 Å². The van der Waals surface area contributed by atoms with Gasteiger partial charge in [0.2, 0.25) is 0 Å². The molecule has 0 fully saturated rings. The summed E-state index contributed by atoms with van der Waals surface area (Å²) in [6, 6.07) is 13.8. The average molecular weight is 264 g/mol. The first-order valence-electron chi connectivity index (χ1n) is 6.37. The van der Waals surface area contributed by atoms with Crippen molar-refractivity contribution in [3.63, 3.8) is 0 Å². The SMILES string of the molecule is COc1cccc2c1oc1c(-n3cccn3)cccc12. The number of para-hydroxylation sites is 2. The van der Waals surface area contributed by atoms with Crippen molar-refractivity contribution in [3.05, 3.63) is 54.9 Å². The summed E-state index contributed by atoms with van der Waals surface area (Å²) in [5, 5.41) is 6.39. The van der Waals surface area contributed by atoms with Gasteiger partial charge in [0, 0.05) is 23.2 Å². The Balaban J connectivity index is 2.14. The minimum Gasteiger partial charge on any atom is -0.493 e. The fourth-order valence-corrected chi connectivity index (χ4v) is 2.53. The number of benzene rings is 2. The third-order valence-corrected chi connectivity index (χ3v) is 3.44. The lowest BCUT2D eigenvalue weighted by Crippen LogP contribution is -1.93. The number of rotatable bonds is 2. The van der Waals surface area contributed by atoms with Crippen LogP contribution >= 0.6 is 0 Å². The molecule has 0 atom stereocenters. The molecular formula is C16H12N2O2. The van der Waals surface area contributed by atoms with Crippen LogP contribution in [0.5, 0.6) is 5.75 Å². The van der Waals surface area contributed by atoms with Crippen LogP contribution in [0, 0.1) is 0 Å². The van der Waals surface area contributed by atoms with Gasteiger partial charge in [0.15, 0.2) is 16.9 Å². The molecule has 0 aliphatic carbocycles. The molecule has 0 saturated carbocycles. The average Bonchev–Trinajstić information content (AvgIpc) is 3.13. The van der Waals surface area contributed by atoms with Gasteiger partial charge in [-0.2, -0.15) is 5.10 Å². The Labute approximate surface area is 115 Å². The zero-order valence-electron chi connectivity index (χ0n) is 10.9. The summed E-state index contributed by atoms with van der Waals surface area (Å²) in [6.07, 6.45) is 3.65. The Kier molecular flexibility index (Phi) is 2.29. The first-order valence-corrected chi connectivity index (χ1v) is 6.37. The van der Waals surface area contributed by atoms with Gasteiger partial charge in [0.05, 0.1) is 7.11 Å². The predicted octanol–water partition coefficient (Wildman–Crippen LogP) is 3.78. The Morgan fingerprint density at radius 1 is 1.00 bits per heavy atom.